The van der Waals surface area contributed by atoms with Crippen LogP contribution in [0.3, 0.4) is 0 Å². The Hall–Kier alpha value is -3.45. The fraction of sp³-hybridized carbons (Fsp3) is 0.136. The van der Waals surface area contributed by atoms with Crippen LogP contribution in [0.15, 0.2) is 71.1 Å². The molecule has 4 rings (SSSR count). The molecule has 2 aromatic carbocycles. The predicted molar refractivity (Wildman–Crippen MR) is 114 cm³/mol. The van der Waals surface area contributed by atoms with Crippen molar-refractivity contribution in [3.05, 3.63) is 82.2 Å². The van der Waals surface area contributed by atoms with Crippen molar-refractivity contribution in [1.29, 1.82) is 0 Å². The third kappa shape index (κ3) is 4.05. The zero-order valence-electron chi connectivity index (χ0n) is 15.8. The minimum atomic E-state index is -0.238. The summed E-state index contributed by atoms with van der Waals surface area (Å²) in [6, 6.07) is 17.2. The van der Waals surface area contributed by atoms with Gasteiger partial charge in [-0.3, -0.25) is 14.2 Å². The van der Waals surface area contributed by atoms with Gasteiger partial charge >= 0.3 is 0 Å². The highest BCUT2D eigenvalue weighted by Gasteiger charge is 2.15. The number of ether oxygens (including phenoxy) is 1. The number of amides is 1. The molecule has 0 fully saturated rings. The molecule has 4 aromatic rings. The Labute approximate surface area is 171 Å². The van der Waals surface area contributed by atoms with Gasteiger partial charge in [0.25, 0.3) is 5.56 Å². The highest BCUT2D eigenvalue weighted by atomic mass is 32.1. The molecule has 6 nitrogen and oxygen atoms in total. The first-order chi connectivity index (χ1) is 14.2. The van der Waals surface area contributed by atoms with Crippen molar-refractivity contribution in [3.63, 3.8) is 0 Å². The lowest BCUT2D eigenvalue weighted by Crippen LogP contribution is -2.32. The van der Waals surface area contributed by atoms with Gasteiger partial charge in [0.2, 0.25) is 5.91 Å². The molecule has 0 unspecified atom stereocenters. The van der Waals surface area contributed by atoms with E-state index in [1.165, 1.54) is 22.2 Å². The molecule has 0 atom stereocenters. The summed E-state index contributed by atoms with van der Waals surface area (Å²) in [4.78, 5) is 30.4. The van der Waals surface area contributed by atoms with Gasteiger partial charge in [-0.1, -0.05) is 42.5 Å². The fourth-order valence-corrected chi connectivity index (χ4v) is 3.98. The van der Waals surface area contributed by atoms with Gasteiger partial charge in [0, 0.05) is 17.5 Å². The summed E-state index contributed by atoms with van der Waals surface area (Å²) < 4.78 is 6.55. The molecule has 0 saturated carbocycles. The Kier molecular flexibility index (Phi) is 5.39. The molecule has 2 heterocycles. The Morgan fingerprint density at radius 1 is 1.14 bits per heavy atom. The van der Waals surface area contributed by atoms with E-state index in [1.807, 2.05) is 60.0 Å². The second-order valence-electron chi connectivity index (χ2n) is 6.50. The molecule has 0 radical (unpaired) electrons. The fourth-order valence-electron chi connectivity index (χ4n) is 3.07. The van der Waals surface area contributed by atoms with Gasteiger partial charge in [0.1, 0.15) is 17.1 Å². The lowest BCUT2D eigenvalue weighted by molar-refractivity contribution is -0.121. The van der Waals surface area contributed by atoms with Gasteiger partial charge in [0.05, 0.1) is 18.8 Å². The van der Waals surface area contributed by atoms with Crippen LogP contribution < -0.4 is 15.6 Å². The standard InChI is InChI=1S/C22H19N3O3S/c1-28-17-9-7-16(8-10-17)18-13-29-21-20(18)22(27)25(14-24-21)12-19(26)23-11-15-5-3-2-4-6-15/h2-10,13-14H,11-12H2,1H3,(H,23,26). The Bertz CT molecular complexity index is 1200. The number of nitrogens with one attached hydrogen (secondary N) is 1. The predicted octanol–water partition coefficient (Wildman–Crippen LogP) is 3.45. The van der Waals surface area contributed by atoms with Crippen LogP contribution in [0.25, 0.3) is 21.3 Å². The zero-order valence-corrected chi connectivity index (χ0v) is 16.6. The molecule has 0 aliphatic rings. The van der Waals surface area contributed by atoms with Gasteiger partial charge in [-0.2, -0.15) is 0 Å². The topological polar surface area (TPSA) is 73.2 Å². The van der Waals surface area contributed by atoms with Crippen LogP contribution in [0.1, 0.15) is 5.56 Å². The van der Waals surface area contributed by atoms with Crippen LogP contribution in [0, 0.1) is 0 Å². The molecular formula is C22H19N3O3S. The van der Waals surface area contributed by atoms with Crippen molar-refractivity contribution in [2.75, 3.05) is 7.11 Å². The number of fused-ring (bicyclic) bond motifs is 1. The molecule has 29 heavy (non-hydrogen) atoms. The first kappa shape index (κ1) is 18.9. The molecule has 1 amide bonds. The minimum absolute atomic E-state index is 0.0769. The largest absolute Gasteiger partial charge is 0.497 e. The number of hydrogen-bond acceptors (Lipinski definition) is 5. The summed E-state index contributed by atoms with van der Waals surface area (Å²) in [5.74, 6) is 0.511. The first-order valence-electron chi connectivity index (χ1n) is 9.07. The number of nitrogens with zero attached hydrogens (tertiary/aromatic N) is 2. The minimum Gasteiger partial charge on any atom is -0.497 e. The quantitative estimate of drug-likeness (QED) is 0.533. The molecule has 0 bridgehead atoms. The molecule has 1 N–H and O–H groups in total. The number of benzene rings is 2. The highest BCUT2D eigenvalue weighted by Crippen LogP contribution is 2.31. The van der Waals surface area contributed by atoms with Gasteiger partial charge in [-0.25, -0.2) is 4.98 Å². The zero-order chi connectivity index (χ0) is 20.2. The number of methoxy groups -OCH3 is 1. The van der Waals surface area contributed by atoms with Crippen molar-refractivity contribution in [2.45, 2.75) is 13.1 Å². The first-order valence-corrected chi connectivity index (χ1v) is 9.95. The van der Waals surface area contributed by atoms with Crippen LogP contribution in [-0.2, 0) is 17.9 Å². The molecule has 0 aliphatic carbocycles. The normalized spacial score (nSPS) is 10.8. The van der Waals surface area contributed by atoms with E-state index in [9.17, 15) is 9.59 Å². The second-order valence-corrected chi connectivity index (χ2v) is 7.36. The maximum Gasteiger partial charge on any atom is 0.263 e. The van der Waals surface area contributed by atoms with Crippen molar-refractivity contribution < 1.29 is 9.53 Å². The molecule has 146 valence electrons. The van der Waals surface area contributed by atoms with E-state index in [0.717, 1.165) is 22.4 Å². The summed E-state index contributed by atoms with van der Waals surface area (Å²) in [5.41, 5.74) is 2.49. The maximum absolute atomic E-state index is 13.0. The second kappa shape index (κ2) is 8.28. The molecule has 7 heteroatoms. The van der Waals surface area contributed by atoms with Crippen LogP contribution in [0.2, 0.25) is 0 Å². The Morgan fingerprint density at radius 3 is 2.62 bits per heavy atom. The van der Waals surface area contributed by atoms with Crippen LogP contribution >= 0.6 is 11.3 Å². The average molecular weight is 405 g/mol. The highest BCUT2D eigenvalue weighted by molar-refractivity contribution is 7.17. The van der Waals surface area contributed by atoms with E-state index in [2.05, 4.69) is 10.3 Å². The van der Waals surface area contributed by atoms with Crippen LogP contribution in [-0.4, -0.2) is 22.6 Å². The lowest BCUT2D eigenvalue weighted by atomic mass is 10.1. The summed E-state index contributed by atoms with van der Waals surface area (Å²) in [6.45, 7) is 0.339. The van der Waals surface area contributed by atoms with Crippen molar-refractivity contribution in [2.24, 2.45) is 0 Å². The number of aromatic nitrogens is 2. The molecule has 2 aromatic heterocycles. The van der Waals surface area contributed by atoms with Gasteiger partial charge in [0.15, 0.2) is 0 Å². The Morgan fingerprint density at radius 2 is 1.90 bits per heavy atom. The van der Waals surface area contributed by atoms with Crippen LogP contribution in [0.4, 0.5) is 0 Å². The number of carbonyl (C=O) groups is 1. The van der Waals surface area contributed by atoms with E-state index >= 15 is 0 Å². The van der Waals surface area contributed by atoms with Crippen molar-refractivity contribution in [3.8, 4) is 16.9 Å². The van der Waals surface area contributed by atoms with Crippen molar-refractivity contribution in [1.82, 2.24) is 14.9 Å². The van der Waals surface area contributed by atoms with Gasteiger partial charge in [-0.05, 0) is 23.3 Å². The SMILES string of the molecule is COc1ccc(-c2csc3ncn(CC(=O)NCc4ccccc4)c(=O)c23)cc1. The number of rotatable bonds is 6. The summed E-state index contributed by atoms with van der Waals surface area (Å²) in [7, 11) is 1.61. The Balaban J connectivity index is 1.58. The van der Waals surface area contributed by atoms with Gasteiger partial charge < -0.3 is 10.1 Å². The average Bonchev–Trinajstić information content (AvgIpc) is 3.20. The lowest BCUT2D eigenvalue weighted by Gasteiger charge is -2.08. The van der Waals surface area contributed by atoms with E-state index in [-0.39, 0.29) is 18.0 Å². The van der Waals surface area contributed by atoms with E-state index in [1.54, 1.807) is 7.11 Å². The smallest absolute Gasteiger partial charge is 0.263 e. The third-order valence-corrected chi connectivity index (χ3v) is 5.49. The molecular weight excluding hydrogens is 386 g/mol. The van der Waals surface area contributed by atoms with Crippen LogP contribution in [0.5, 0.6) is 5.75 Å². The molecule has 0 saturated heterocycles. The monoisotopic (exact) mass is 405 g/mol. The maximum atomic E-state index is 13.0. The molecule has 0 aliphatic heterocycles. The number of hydrogen-bond donors (Lipinski definition) is 1. The summed E-state index contributed by atoms with van der Waals surface area (Å²) >= 11 is 1.41. The van der Waals surface area contributed by atoms with E-state index in [4.69, 9.17) is 4.74 Å². The summed E-state index contributed by atoms with van der Waals surface area (Å²) in [6.07, 6.45) is 1.43. The van der Waals surface area contributed by atoms with E-state index < -0.39 is 0 Å². The third-order valence-electron chi connectivity index (χ3n) is 4.61. The van der Waals surface area contributed by atoms with Crippen molar-refractivity contribution >= 4 is 27.5 Å². The number of thiophene rings is 1. The number of carbonyl (C=O) groups excluding carboxylic acids is 1. The van der Waals surface area contributed by atoms with E-state index in [0.29, 0.717) is 16.8 Å². The van der Waals surface area contributed by atoms with Gasteiger partial charge in [-0.15, -0.1) is 11.3 Å². The summed E-state index contributed by atoms with van der Waals surface area (Å²) in [5, 5.41) is 5.28. The molecule has 0 spiro atoms.